The monoisotopic (exact) mass is 517 g/mol. The number of pyridine rings is 1. The van der Waals surface area contributed by atoms with Crippen molar-refractivity contribution >= 4 is 5.82 Å². The number of benzene rings is 1. The SMILES string of the molecule is Cc1cncc(-n2c(=O)c(Cc3cc(F)c(F)c(F)c3)c(N3CC4CC(F)(F)C4C3)n(CC#N)c2=O)c1. The highest BCUT2D eigenvalue weighted by molar-refractivity contribution is 5.52. The van der Waals surface area contributed by atoms with Gasteiger partial charge < -0.3 is 4.90 Å². The highest BCUT2D eigenvalue weighted by Gasteiger charge is 2.60. The first-order valence-corrected chi connectivity index (χ1v) is 11.5. The van der Waals surface area contributed by atoms with Crippen LogP contribution < -0.4 is 16.1 Å². The predicted octanol–water partition coefficient (Wildman–Crippen LogP) is 3.33. The molecule has 3 heterocycles. The second-order valence-corrected chi connectivity index (χ2v) is 9.48. The summed E-state index contributed by atoms with van der Waals surface area (Å²) in [6.07, 6.45) is 1.98. The summed E-state index contributed by atoms with van der Waals surface area (Å²) >= 11 is 0. The first-order chi connectivity index (χ1) is 17.5. The molecule has 0 N–H and O–H groups in total. The summed E-state index contributed by atoms with van der Waals surface area (Å²) in [5.74, 6) is -8.95. The van der Waals surface area contributed by atoms with Crippen molar-refractivity contribution in [2.75, 3.05) is 18.0 Å². The van der Waals surface area contributed by atoms with Gasteiger partial charge in [-0.1, -0.05) is 0 Å². The number of anilines is 1. The third-order valence-corrected chi connectivity index (χ3v) is 7.00. The third kappa shape index (κ3) is 4.08. The molecular weight excluding hydrogens is 497 g/mol. The van der Waals surface area contributed by atoms with E-state index in [1.165, 1.54) is 23.4 Å². The molecule has 37 heavy (non-hydrogen) atoms. The van der Waals surface area contributed by atoms with Gasteiger partial charge in [-0.2, -0.15) is 5.26 Å². The lowest BCUT2D eigenvalue weighted by Crippen LogP contribution is -2.46. The Morgan fingerprint density at radius 3 is 2.41 bits per heavy atom. The lowest BCUT2D eigenvalue weighted by Gasteiger charge is -2.38. The molecule has 0 radical (unpaired) electrons. The van der Waals surface area contributed by atoms with E-state index in [1.807, 2.05) is 6.07 Å². The quantitative estimate of drug-likeness (QED) is 0.383. The van der Waals surface area contributed by atoms with Crippen LogP contribution in [0.5, 0.6) is 0 Å². The molecule has 2 aliphatic rings. The number of rotatable bonds is 5. The third-order valence-electron chi connectivity index (χ3n) is 7.00. The smallest absolute Gasteiger partial charge is 0.338 e. The van der Waals surface area contributed by atoms with Gasteiger partial charge >= 0.3 is 5.69 Å². The van der Waals surface area contributed by atoms with Crippen LogP contribution in [0.4, 0.5) is 27.8 Å². The standard InChI is InChI=1S/C25H20F5N5O2/c1-13-4-16(10-32-9-13)35-23(36)17(5-14-6-19(26)21(28)20(27)7-14)22(34(3-2-31)24(35)37)33-11-15-8-25(29,30)18(15)12-33/h4,6-7,9-10,15,18H,3,5,8,11-12H2,1H3. The molecule has 2 aromatic heterocycles. The Bertz CT molecular complexity index is 1550. The maximum Gasteiger partial charge on any atom is 0.338 e. The summed E-state index contributed by atoms with van der Waals surface area (Å²) in [5.41, 5.74) is -1.29. The molecule has 1 saturated heterocycles. The molecule has 2 unspecified atom stereocenters. The molecule has 7 nitrogen and oxygen atoms in total. The number of aryl methyl sites for hydroxylation is 1. The highest BCUT2D eigenvalue weighted by atomic mass is 19.3. The lowest BCUT2D eigenvalue weighted by atomic mass is 9.72. The molecular formula is C25H20F5N5O2. The van der Waals surface area contributed by atoms with Crippen LogP contribution in [0.15, 0.2) is 40.2 Å². The van der Waals surface area contributed by atoms with Crippen molar-refractivity contribution in [2.45, 2.75) is 32.2 Å². The lowest BCUT2D eigenvalue weighted by molar-refractivity contribution is -0.152. The largest absolute Gasteiger partial charge is 0.357 e. The van der Waals surface area contributed by atoms with E-state index in [1.54, 1.807) is 6.92 Å². The number of nitriles is 1. The van der Waals surface area contributed by atoms with Crippen LogP contribution in [0.25, 0.3) is 5.69 Å². The Morgan fingerprint density at radius 2 is 1.81 bits per heavy atom. The summed E-state index contributed by atoms with van der Waals surface area (Å²) in [5, 5.41) is 9.48. The zero-order valence-electron chi connectivity index (χ0n) is 19.5. The van der Waals surface area contributed by atoms with Crippen LogP contribution in [-0.4, -0.2) is 33.1 Å². The molecule has 1 aliphatic carbocycles. The fourth-order valence-electron chi connectivity index (χ4n) is 5.29. The molecule has 1 aliphatic heterocycles. The molecule has 0 amide bonds. The molecule has 1 aromatic carbocycles. The van der Waals surface area contributed by atoms with E-state index in [0.29, 0.717) is 5.56 Å². The van der Waals surface area contributed by atoms with Gasteiger partial charge in [0.15, 0.2) is 17.5 Å². The summed E-state index contributed by atoms with van der Waals surface area (Å²) in [4.78, 5) is 32.8. The average Bonchev–Trinajstić information content (AvgIpc) is 3.19. The maximum atomic E-state index is 14.1. The van der Waals surface area contributed by atoms with E-state index in [9.17, 15) is 36.8 Å². The van der Waals surface area contributed by atoms with Crippen LogP contribution in [0.1, 0.15) is 23.1 Å². The minimum Gasteiger partial charge on any atom is -0.357 e. The molecule has 2 atom stereocenters. The van der Waals surface area contributed by atoms with Crippen molar-refractivity contribution < 1.29 is 22.0 Å². The number of aromatic nitrogens is 3. The predicted molar refractivity (Wildman–Crippen MR) is 122 cm³/mol. The van der Waals surface area contributed by atoms with Crippen molar-refractivity contribution in [2.24, 2.45) is 11.8 Å². The molecule has 2 fully saturated rings. The number of hydrogen-bond acceptors (Lipinski definition) is 5. The Labute approximate surface area is 207 Å². The van der Waals surface area contributed by atoms with E-state index in [0.717, 1.165) is 21.3 Å². The summed E-state index contributed by atoms with van der Waals surface area (Å²) in [6, 6.07) is 4.82. The molecule has 5 rings (SSSR count). The molecule has 3 aromatic rings. The van der Waals surface area contributed by atoms with E-state index >= 15 is 0 Å². The fourth-order valence-corrected chi connectivity index (χ4v) is 5.29. The molecule has 0 bridgehead atoms. The van der Waals surface area contributed by atoms with Crippen molar-refractivity contribution in [3.05, 3.63) is 85.6 Å². The van der Waals surface area contributed by atoms with Crippen molar-refractivity contribution in [1.82, 2.24) is 14.1 Å². The molecule has 12 heteroatoms. The van der Waals surface area contributed by atoms with E-state index < -0.39 is 53.5 Å². The van der Waals surface area contributed by atoms with E-state index in [-0.39, 0.29) is 48.1 Å². The summed E-state index contributed by atoms with van der Waals surface area (Å²) in [7, 11) is 0. The van der Waals surface area contributed by atoms with E-state index in [2.05, 4.69) is 4.98 Å². The Morgan fingerprint density at radius 1 is 1.11 bits per heavy atom. The van der Waals surface area contributed by atoms with Gasteiger partial charge in [0.2, 0.25) is 0 Å². The van der Waals surface area contributed by atoms with E-state index in [4.69, 9.17) is 0 Å². The van der Waals surface area contributed by atoms with Crippen LogP contribution in [0, 0.1) is 47.5 Å². The molecule has 192 valence electrons. The first kappa shape index (κ1) is 24.7. The van der Waals surface area contributed by atoms with Gasteiger partial charge in [0.05, 0.1) is 23.5 Å². The first-order valence-electron chi connectivity index (χ1n) is 11.5. The van der Waals surface area contributed by atoms with Gasteiger partial charge in [-0.25, -0.2) is 31.3 Å². The zero-order valence-corrected chi connectivity index (χ0v) is 19.5. The summed E-state index contributed by atoms with van der Waals surface area (Å²) < 4.78 is 71.6. The van der Waals surface area contributed by atoms with Crippen LogP contribution in [0.3, 0.4) is 0 Å². The van der Waals surface area contributed by atoms with Crippen molar-refractivity contribution in [3.63, 3.8) is 0 Å². The molecule has 1 saturated carbocycles. The van der Waals surface area contributed by atoms with Crippen molar-refractivity contribution in [1.29, 1.82) is 5.26 Å². The minimum absolute atomic E-state index is 0.0660. The second-order valence-electron chi connectivity index (χ2n) is 9.48. The topological polar surface area (TPSA) is 83.9 Å². The van der Waals surface area contributed by atoms with Crippen LogP contribution in [0.2, 0.25) is 0 Å². The zero-order chi connectivity index (χ0) is 26.6. The average molecular weight is 517 g/mol. The van der Waals surface area contributed by atoms with Gasteiger partial charge in [0.25, 0.3) is 11.5 Å². The maximum absolute atomic E-state index is 14.1. The van der Waals surface area contributed by atoms with Crippen LogP contribution in [-0.2, 0) is 13.0 Å². The highest BCUT2D eigenvalue weighted by Crippen LogP contribution is 2.52. The summed E-state index contributed by atoms with van der Waals surface area (Å²) in [6.45, 7) is 1.11. The van der Waals surface area contributed by atoms with Crippen LogP contribution >= 0.6 is 0 Å². The van der Waals surface area contributed by atoms with Gasteiger partial charge in [-0.3, -0.25) is 14.3 Å². The van der Waals surface area contributed by atoms with Gasteiger partial charge in [0.1, 0.15) is 12.4 Å². The molecule has 0 spiro atoms. The number of halogens is 5. The Balaban J connectivity index is 1.76. The van der Waals surface area contributed by atoms with Gasteiger partial charge in [0, 0.05) is 38.0 Å². The minimum atomic E-state index is -2.90. The van der Waals surface area contributed by atoms with Gasteiger partial charge in [-0.05, 0) is 42.2 Å². The van der Waals surface area contributed by atoms with Crippen molar-refractivity contribution in [3.8, 4) is 11.8 Å². The van der Waals surface area contributed by atoms with Gasteiger partial charge in [-0.15, -0.1) is 0 Å². The Kier molecular flexibility index (Phi) is 5.89. The Hall–Kier alpha value is -4.01. The number of nitrogens with zero attached hydrogens (tertiary/aromatic N) is 5. The fraction of sp³-hybridized carbons (Fsp3) is 0.360. The number of fused-ring (bicyclic) bond motifs is 1. The number of alkyl halides is 2. The number of hydrogen-bond donors (Lipinski definition) is 0. The second kappa shape index (κ2) is 8.83. The normalized spacial score (nSPS) is 19.9.